The molecular formula is C20H19N4O2+. The van der Waals surface area contributed by atoms with E-state index in [9.17, 15) is 9.59 Å². The number of aryl methyl sites for hydroxylation is 2. The standard InChI is InChI=1S/C20H18N4O2/c1-13-6-4-10-21-17(13)23-19(25)15-8-3-9-16(12-15)20(26)24-18-14(2)7-5-11-22-18/h3-12H,1-2H3,(H,21,23,25)(H,22,24,26)/p+1. The summed E-state index contributed by atoms with van der Waals surface area (Å²) in [6.07, 6.45) is 3.35. The molecule has 0 unspecified atom stereocenters. The summed E-state index contributed by atoms with van der Waals surface area (Å²) in [4.78, 5) is 32.1. The lowest BCUT2D eigenvalue weighted by molar-refractivity contribution is -0.361. The van der Waals surface area contributed by atoms with Crippen molar-refractivity contribution in [3.05, 3.63) is 83.2 Å². The molecule has 3 aromatic rings. The van der Waals surface area contributed by atoms with E-state index in [1.54, 1.807) is 42.7 Å². The van der Waals surface area contributed by atoms with Crippen LogP contribution < -0.4 is 15.6 Å². The molecule has 0 saturated carbocycles. The van der Waals surface area contributed by atoms with Crippen LogP contribution in [0.15, 0.2) is 60.9 Å². The molecule has 0 aliphatic heterocycles. The van der Waals surface area contributed by atoms with Crippen LogP contribution in [0.25, 0.3) is 0 Å². The lowest BCUT2D eigenvalue weighted by Crippen LogP contribution is -2.21. The topological polar surface area (TPSA) is 85.2 Å². The van der Waals surface area contributed by atoms with E-state index < -0.39 is 0 Å². The average Bonchev–Trinajstić information content (AvgIpc) is 2.65. The summed E-state index contributed by atoms with van der Waals surface area (Å²) in [6.45, 7) is 3.76. The zero-order chi connectivity index (χ0) is 18.5. The fourth-order valence-electron chi connectivity index (χ4n) is 2.44. The third-order valence-electron chi connectivity index (χ3n) is 3.93. The van der Waals surface area contributed by atoms with E-state index in [2.05, 4.69) is 20.6 Å². The Balaban J connectivity index is 1.77. The molecule has 0 atom stereocenters. The minimum absolute atomic E-state index is 0.292. The summed E-state index contributed by atoms with van der Waals surface area (Å²) in [5.74, 6) is 0.515. The van der Waals surface area contributed by atoms with Crippen molar-refractivity contribution in [3.63, 3.8) is 0 Å². The quantitative estimate of drug-likeness (QED) is 0.761. The van der Waals surface area contributed by atoms with Crippen molar-refractivity contribution in [2.24, 2.45) is 0 Å². The molecule has 3 N–H and O–H groups in total. The number of pyridine rings is 2. The molecule has 0 aliphatic carbocycles. The van der Waals surface area contributed by atoms with Crippen LogP contribution in [0.1, 0.15) is 31.8 Å². The number of anilines is 2. The smallest absolute Gasteiger partial charge is 0.306 e. The number of rotatable bonds is 4. The second-order valence-electron chi connectivity index (χ2n) is 5.89. The van der Waals surface area contributed by atoms with Crippen molar-refractivity contribution in [3.8, 4) is 0 Å². The third kappa shape index (κ3) is 3.92. The van der Waals surface area contributed by atoms with Crippen molar-refractivity contribution < 1.29 is 14.6 Å². The highest BCUT2D eigenvalue weighted by Crippen LogP contribution is 2.14. The lowest BCUT2D eigenvalue weighted by atomic mass is 10.1. The van der Waals surface area contributed by atoms with Gasteiger partial charge in [-0.15, -0.1) is 0 Å². The van der Waals surface area contributed by atoms with Gasteiger partial charge in [-0.2, -0.15) is 0 Å². The maximum atomic E-state index is 12.5. The molecule has 6 heteroatoms. The molecule has 6 nitrogen and oxygen atoms in total. The maximum Gasteiger partial charge on any atom is 0.339 e. The van der Waals surface area contributed by atoms with Crippen LogP contribution >= 0.6 is 0 Å². The predicted molar refractivity (Wildman–Crippen MR) is 99.1 cm³/mol. The Bertz CT molecular complexity index is 895. The van der Waals surface area contributed by atoms with Crippen LogP contribution in [0.4, 0.5) is 11.6 Å². The minimum atomic E-state index is -0.316. The Kier molecular flexibility index (Phi) is 5.03. The fraction of sp³-hybridized carbons (Fsp3) is 0.100. The van der Waals surface area contributed by atoms with Gasteiger partial charge in [-0.1, -0.05) is 12.1 Å². The van der Waals surface area contributed by atoms with Gasteiger partial charge in [-0.3, -0.25) is 4.79 Å². The van der Waals surface area contributed by atoms with E-state index in [4.69, 9.17) is 0 Å². The first kappa shape index (κ1) is 17.3. The van der Waals surface area contributed by atoms with Gasteiger partial charge >= 0.3 is 5.91 Å². The number of nitrogens with one attached hydrogen (secondary N) is 3. The van der Waals surface area contributed by atoms with Crippen LogP contribution in [0.5, 0.6) is 0 Å². The Labute approximate surface area is 151 Å². The van der Waals surface area contributed by atoms with Crippen LogP contribution in [-0.2, 0) is 0 Å². The molecule has 3 rings (SSSR count). The van der Waals surface area contributed by atoms with Crippen LogP contribution in [0, 0.1) is 13.8 Å². The molecule has 0 fully saturated rings. The molecule has 0 saturated heterocycles. The normalized spacial score (nSPS) is 10.2. The first-order valence-corrected chi connectivity index (χ1v) is 8.16. The molecular weight excluding hydrogens is 328 g/mol. The highest BCUT2D eigenvalue weighted by molar-refractivity contribution is 6.08. The molecule has 26 heavy (non-hydrogen) atoms. The van der Waals surface area contributed by atoms with Crippen LogP contribution in [0.2, 0.25) is 0 Å². The Hall–Kier alpha value is -3.54. The third-order valence-corrected chi connectivity index (χ3v) is 3.93. The van der Waals surface area contributed by atoms with Gasteiger partial charge in [0.25, 0.3) is 11.7 Å². The molecule has 0 radical (unpaired) electrons. The van der Waals surface area contributed by atoms with Gasteiger partial charge in [0.2, 0.25) is 0 Å². The number of aromatic amines is 1. The van der Waals surface area contributed by atoms with E-state index in [0.29, 0.717) is 22.8 Å². The fourth-order valence-corrected chi connectivity index (χ4v) is 2.44. The van der Waals surface area contributed by atoms with Crippen molar-refractivity contribution in [1.82, 2.24) is 4.98 Å². The number of carbonyl (C=O) groups excluding carboxylic acids is 2. The van der Waals surface area contributed by atoms with Gasteiger partial charge in [0.1, 0.15) is 5.82 Å². The average molecular weight is 347 g/mol. The SMILES string of the molecule is Cc1cccnc1NC(=O)c1cccc(C(=O)Nc2[nH+]cccc2C)c1. The summed E-state index contributed by atoms with van der Waals surface area (Å²) < 4.78 is 0. The highest BCUT2D eigenvalue weighted by atomic mass is 16.2. The summed E-state index contributed by atoms with van der Waals surface area (Å²) >= 11 is 0. The zero-order valence-electron chi connectivity index (χ0n) is 14.5. The van der Waals surface area contributed by atoms with E-state index in [-0.39, 0.29) is 11.8 Å². The predicted octanol–water partition coefficient (Wildman–Crippen LogP) is 3.02. The summed E-state index contributed by atoms with van der Waals surface area (Å²) in [7, 11) is 0. The summed E-state index contributed by atoms with van der Waals surface area (Å²) in [5.41, 5.74) is 2.56. The first-order valence-electron chi connectivity index (χ1n) is 8.16. The molecule has 0 spiro atoms. The van der Waals surface area contributed by atoms with E-state index >= 15 is 0 Å². The second-order valence-corrected chi connectivity index (χ2v) is 5.89. The number of amides is 2. The molecule has 0 aliphatic rings. The molecule has 2 aromatic heterocycles. The highest BCUT2D eigenvalue weighted by Gasteiger charge is 2.17. The largest absolute Gasteiger partial charge is 0.339 e. The monoisotopic (exact) mass is 347 g/mol. The summed E-state index contributed by atoms with van der Waals surface area (Å²) in [6, 6.07) is 14.0. The van der Waals surface area contributed by atoms with Gasteiger partial charge in [0.15, 0.2) is 0 Å². The van der Waals surface area contributed by atoms with Crippen molar-refractivity contribution >= 4 is 23.5 Å². The first-order chi connectivity index (χ1) is 12.5. The number of benzene rings is 1. The number of hydrogen-bond donors (Lipinski definition) is 2. The Morgan fingerprint density at radius 2 is 1.58 bits per heavy atom. The van der Waals surface area contributed by atoms with E-state index in [0.717, 1.165) is 11.1 Å². The molecule has 2 amide bonds. The molecule has 2 heterocycles. The minimum Gasteiger partial charge on any atom is -0.306 e. The van der Waals surface area contributed by atoms with E-state index in [1.165, 1.54) is 0 Å². The van der Waals surface area contributed by atoms with E-state index in [1.807, 2.05) is 32.0 Å². The van der Waals surface area contributed by atoms with Crippen molar-refractivity contribution in [1.29, 1.82) is 0 Å². The van der Waals surface area contributed by atoms with Gasteiger partial charge in [0, 0.05) is 17.3 Å². The van der Waals surface area contributed by atoms with Gasteiger partial charge in [-0.25, -0.2) is 20.1 Å². The van der Waals surface area contributed by atoms with Crippen molar-refractivity contribution in [2.45, 2.75) is 13.8 Å². The zero-order valence-corrected chi connectivity index (χ0v) is 14.5. The molecule has 0 bridgehead atoms. The number of nitrogens with zero attached hydrogens (tertiary/aromatic N) is 1. The second kappa shape index (κ2) is 7.57. The van der Waals surface area contributed by atoms with Gasteiger partial charge in [-0.05, 0) is 55.8 Å². The molecule has 130 valence electrons. The Morgan fingerprint density at radius 3 is 2.27 bits per heavy atom. The number of carbonyl (C=O) groups is 2. The van der Waals surface area contributed by atoms with Crippen LogP contribution in [-0.4, -0.2) is 16.8 Å². The summed E-state index contributed by atoms with van der Waals surface area (Å²) in [5, 5.41) is 5.58. The number of H-pyrrole nitrogens is 1. The lowest BCUT2D eigenvalue weighted by Gasteiger charge is -2.07. The van der Waals surface area contributed by atoms with Crippen LogP contribution in [0.3, 0.4) is 0 Å². The van der Waals surface area contributed by atoms with Gasteiger partial charge < -0.3 is 5.32 Å². The van der Waals surface area contributed by atoms with Crippen molar-refractivity contribution in [2.75, 3.05) is 10.6 Å². The molecule has 1 aromatic carbocycles. The maximum absolute atomic E-state index is 12.5. The van der Waals surface area contributed by atoms with Gasteiger partial charge in [0.05, 0.1) is 11.8 Å². The Morgan fingerprint density at radius 1 is 0.885 bits per heavy atom. The number of hydrogen-bond acceptors (Lipinski definition) is 3. The number of aromatic nitrogens is 2.